The summed E-state index contributed by atoms with van der Waals surface area (Å²) in [5.74, 6) is 0.515. The number of hydrogen-bond acceptors (Lipinski definition) is 2. The van der Waals surface area contributed by atoms with E-state index in [1.807, 2.05) is 4.90 Å². The summed E-state index contributed by atoms with van der Waals surface area (Å²) >= 11 is 6.12. The quantitative estimate of drug-likeness (QED) is 0.911. The van der Waals surface area contributed by atoms with Gasteiger partial charge in [0.05, 0.1) is 10.7 Å². The van der Waals surface area contributed by atoms with Crippen LogP contribution >= 0.6 is 11.6 Å². The maximum absolute atomic E-state index is 12.6. The Labute approximate surface area is 123 Å². The number of amides is 2. The van der Waals surface area contributed by atoms with Gasteiger partial charge in [0.15, 0.2) is 0 Å². The Hall–Kier alpha value is -1.55. The summed E-state index contributed by atoms with van der Waals surface area (Å²) in [4.78, 5) is 25.6. The zero-order valence-corrected chi connectivity index (χ0v) is 12.3. The lowest BCUT2D eigenvalue weighted by Gasteiger charge is -2.38. The van der Waals surface area contributed by atoms with Crippen LogP contribution in [0.4, 0.5) is 5.69 Å². The number of carbonyl (C=O) groups is 2. The SMILES string of the molecule is CC(=O)Nc1ccc(C(=O)N2CC3CC2(C)C3)cc1Cl. The lowest BCUT2D eigenvalue weighted by Crippen LogP contribution is -2.45. The molecule has 5 heteroatoms. The molecule has 2 saturated heterocycles. The highest BCUT2D eigenvalue weighted by Gasteiger charge is 2.54. The van der Waals surface area contributed by atoms with E-state index in [0.29, 0.717) is 22.2 Å². The van der Waals surface area contributed by atoms with Gasteiger partial charge in [0.25, 0.3) is 5.91 Å². The third kappa shape index (κ3) is 2.08. The van der Waals surface area contributed by atoms with Crippen molar-refractivity contribution in [1.82, 2.24) is 4.90 Å². The second kappa shape index (κ2) is 4.48. The van der Waals surface area contributed by atoms with Gasteiger partial charge in [-0.05, 0) is 43.9 Å². The molecule has 0 radical (unpaired) electrons. The van der Waals surface area contributed by atoms with E-state index in [2.05, 4.69) is 12.2 Å². The molecule has 2 heterocycles. The lowest BCUT2D eigenvalue weighted by atomic mass is 9.75. The van der Waals surface area contributed by atoms with E-state index < -0.39 is 0 Å². The van der Waals surface area contributed by atoms with Crippen molar-refractivity contribution >= 4 is 29.1 Å². The third-order valence-electron chi connectivity index (χ3n) is 4.32. The van der Waals surface area contributed by atoms with E-state index in [0.717, 1.165) is 19.4 Å². The van der Waals surface area contributed by atoms with Crippen LogP contribution in [0.5, 0.6) is 0 Å². The molecule has 2 bridgehead atoms. The fraction of sp³-hybridized carbons (Fsp3) is 0.467. The molecule has 2 amide bonds. The predicted octanol–water partition coefficient (Wildman–Crippen LogP) is 2.92. The highest BCUT2D eigenvalue weighted by Crippen LogP contribution is 2.50. The van der Waals surface area contributed by atoms with Gasteiger partial charge in [0, 0.05) is 24.6 Å². The molecule has 0 unspecified atom stereocenters. The van der Waals surface area contributed by atoms with E-state index >= 15 is 0 Å². The van der Waals surface area contributed by atoms with Crippen molar-refractivity contribution in [1.29, 1.82) is 0 Å². The zero-order chi connectivity index (χ0) is 14.5. The average Bonchev–Trinajstić information content (AvgIpc) is 2.83. The van der Waals surface area contributed by atoms with Crippen molar-refractivity contribution in [3.05, 3.63) is 28.8 Å². The van der Waals surface area contributed by atoms with Gasteiger partial charge in [0.2, 0.25) is 5.91 Å². The first kappa shape index (κ1) is 13.4. The van der Waals surface area contributed by atoms with Gasteiger partial charge < -0.3 is 10.2 Å². The van der Waals surface area contributed by atoms with E-state index in [1.165, 1.54) is 6.92 Å². The van der Waals surface area contributed by atoms with E-state index in [-0.39, 0.29) is 17.4 Å². The number of benzene rings is 1. The Morgan fingerprint density at radius 1 is 1.40 bits per heavy atom. The van der Waals surface area contributed by atoms with E-state index in [4.69, 9.17) is 11.6 Å². The van der Waals surface area contributed by atoms with Crippen LogP contribution in [-0.2, 0) is 4.79 Å². The molecule has 1 aliphatic carbocycles. The maximum atomic E-state index is 12.6. The number of anilines is 1. The van der Waals surface area contributed by atoms with Crippen molar-refractivity contribution in [2.75, 3.05) is 11.9 Å². The summed E-state index contributed by atoms with van der Waals surface area (Å²) in [7, 11) is 0. The third-order valence-corrected chi connectivity index (χ3v) is 4.63. The minimum absolute atomic E-state index is 0.0313. The maximum Gasteiger partial charge on any atom is 0.254 e. The minimum Gasteiger partial charge on any atom is -0.333 e. The topological polar surface area (TPSA) is 49.4 Å². The smallest absolute Gasteiger partial charge is 0.254 e. The first-order valence-corrected chi connectivity index (χ1v) is 7.16. The highest BCUT2D eigenvalue weighted by molar-refractivity contribution is 6.34. The molecule has 3 aliphatic rings. The molecule has 1 aromatic rings. The number of hydrogen-bond donors (Lipinski definition) is 1. The molecule has 4 rings (SSSR count). The van der Waals surface area contributed by atoms with E-state index in [1.54, 1.807) is 18.2 Å². The lowest BCUT2D eigenvalue weighted by molar-refractivity contribution is -0.114. The molecular formula is C15H17ClN2O2. The van der Waals surface area contributed by atoms with Gasteiger partial charge in [0.1, 0.15) is 0 Å². The Balaban J connectivity index is 1.82. The van der Waals surface area contributed by atoms with Crippen molar-refractivity contribution in [2.45, 2.75) is 32.2 Å². The van der Waals surface area contributed by atoms with Gasteiger partial charge in [-0.25, -0.2) is 0 Å². The molecule has 4 nitrogen and oxygen atoms in total. The summed E-state index contributed by atoms with van der Waals surface area (Å²) < 4.78 is 0. The minimum atomic E-state index is -0.182. The van der Waals surface area contributed by atoms with Crippen LogP contribution in [0.15, 0.2) is 18.2 Å². The van der Waals surface area contributed by atoms with Crippen LogP contribution in [0, 0.1) is 5.92 Å². The Bertz CT molecular complexity index is 594. The molecule has 1 aromatic carbocycles. The van der Waals surface area contributed by atoms with Crippen molar-refractivity contribution in [2.24, 2.45) is 5.92 Å². The Kier molecular flexibility index (Phi) is 3.01. The number of halogens is 1. The van der Waals surface area contributed by atoms with Crippen molar-refractivity contribution in [3.8, 4) is 0 Å². The summed E-state index contributed by atoms with van der Waals surface area (Å²) in [6, 6.07) is 5.03. The predicted molar refractivity (Wildman–Crippen MR) is 77.9 cm³/mol. The molecule has 3 fully saturated rings. The second-order valence-electron chi connectivity index (χ2n) is 6.06. The molecular weight excluding hydrogens is 276 g/mol. The molecule has 2 aliphatic heterocycles. The molecule has 106 valence electrons. The number of nitrogens with one attached hydrogen (secondary N) is 1. The summed E-state index contributed by atoms with van der Waals surface area (Å²) in [6.45, 7) is 4.41. The number of fused-ring (bicyclic) bond motifs is 1. The van der Waals surface area contributed by atoms with Crippen LogP contribution in [-0.4, -0.2) is 28.8 Å². The number of nitrogens with zero attached hydrogens (tertiary/aromatic N) is 1. The Morgan fingerprint density at radius 2 is 2.10 bits per heavy atom. The number of carbonyl (C=O) groups excluding carboxylic acids is 2. The molecule has 20 heavy (non-hydrogen) atoms. The van der Waals surface area contributed by atoms with Crippen LogP contribution in [0.25, 0.3) is 0 Å². The molecule has 1 saturated carbocycles. The van der Waals surface area contributed by atoms with Crippen LogP contribution in [0.1, 0.15) is 37.0 Å². The van der Waals surface area contributed by atoms with Crippen molar-refractivity contribution < 1.29 is 9.59 Å². The van der Waals surface area contributed by atoms with Crippen LogP contribution in [0.2, 0.25) is 5.02 Å². The molecule has 1 N–H and O–H groups in total. The zero-order valence-electron chi connectivity index (χ0n) is 11.6. The molecule has 0 spiro atoms. The van der Waals surface area contributed by atoms with Gasteiger partial charge in [-0.2, -0.15) is 0 Å². The number of rotatable bonds is 2. The Morgan fingerprint density at radius 3 is 2.60 bits per heavy atom. The average molecular weight is 293 g/mol. The largest absolute Gasteiger partial charge is 0.333 e. The van der Waals surface area contributed by atoms with Crippen LogP contribution in [0.3, 0.4) is 0 Å². The van der Waals surface area contributed by atoms with Gasteiger partial charge in [-0.1, -0.05) is 11.6 Å². The van der Waals surface area contributed by atoms with Gasteiger partial charge >= 0.3 is 0 Å². The normalized spacial score (nSPS) is 27.1. The van der Waals surface area contributed by atoms with Gasteiger partial charge in [-0.15, -0.1) is 0 Å². The first-order chi connectivity index (χ1) is 9.39. The summed E-state index contributed by atoms with van der Waals surface area (Å²) in [5, 5.41) is 3.03. The molecule has 0 atom stereocenters. The van der Waals surface area contributed by atoms with Crippen molar-refractivity contribution in [3.63, 3.8) is 0 Å². The van der Waals surface area contributed by atoms with Gasteiger partial charge in [-0.3, -0.25) is 9.59 Å². The summed E-state index contributed by atoms with van der Waals surface area (Å²) in [6.07, 6.45) is 2.22. The second-order valence-corrected chi connectivity index (χ2v) is 6.47. The molecule has 0 aromatic heterocycles. The highest BCUT2D eigenvalue weighted by atomic mass is 35.5. The fourth-order valence-electron chi connectivity index (χ4n) is 3.44. The first-order valence-electron chi connectivity index (χ1n) is 6.78. The monoisotopic (exact) mass is 292 g/mol. The fourth-order valence-corrected chi connectivity index (χ4v) is 3.66. The van der Waals surface area contributed by atoms with Crippen LogP contribution < -0.4 is 5.32 Å². The van der Waals surface area contributed by atoms with E-state index in [9.17, 15) is 9.59 Å². The standard InChI is InChI=1S/C15H17ClN2O2/c1-9(19)17-13-4-3-11(5-12(13)16)14(20)18-8-10-6-15(18,2)7-10/h3-5,10H,6-8H2,1-2H3,(H,17,19). The summed E-state index contributed by atoms with van der Waals surface area (Å²) in [5.41, 5.74) is 1.15.